The molecule has 0 saturated carbocycles. The summed E-state index contributed by atoms with van der Waals surface area (Å²) in [5.41, 5.74) is 4.34. The van der Waals surface area contributed by atoms with Crippen LogP contribution in [0.1, 0.15) is 29.8 Å². The molecule has 0 saturated heterocycles. The maximum Gasteiger partial charge on any atom is 0.341 e. The summed E-state index contributed by atoms with van der Waals surface area (Å²) in [7, 11) is 0. The largest absolute Gasteiger partial charge is 0.462 e. The van der Waals surface area contributed by atoms with E-state index in [1.807, 2.05) is 0 Å². The third-order valence-electron chi connectivity index (χ3n) is 5.33. The fraction of sp³-hybridized carbons (Fsp3) is 0.174. The standard InChI is InChI=1S/C23H19FN2O5/c1-3-30-21(28)18-20(25)31-12(2)17(19(27)13-7-5-4-6-8-13)23(18)15-10-9-14(24)11-16(15)26-22(23)29/h4-11H,3,25H2,1-2H3,(H,26,29). The highest BCUT2D eigenvalue weighted by atomic mass is 19.1. The molecular formula is C23H19FN2O5. The number of benzene rings is 2. The van der Waals surface area contributed by atoms with Crippen LogP contribution < -0.4 is 11.1 Å². The zero-order valence-corrected chi connectivity index (χ0v) is 16.8. The smallest absolute Gasteiger partial charge is 0.341 e. The van der Waals surface area contributed by atoms with Crippen LogP contribution in [-0.2, 0) is 24.5 Å². The Morgan fingerprint density at radius 3 is 2.55 bits per heavy atom. The highest BCUT2D eigenvalue weighted by Gasteiger charge is 2.61. The van der Waals surface area contributed by atoms with Crippen molar-refractivity contribution >= 4 is 23.3 Å². The maximum absolute atomic E-state index is 13.9. The van der Waals surface area contributed by atoms with Gasteiger partial charge in [0.1, 0.15) is 22.6 Å². The Balaban J connectivity index is 2.06. The molecule has 2 aliphatic heterocycles. The average molecular weight is 422 g/mol. The summed E-state index contributed by atoms with van der Waals surface area (Å²) in [6.07, 6.45) is 0. The van der Waals surface area contributed by atoms with E-state index in [1.165, 1.54) is 13.0 Å². The summed E-state index contributed by atoms with van der Waals surface area (Å²) in [4.78, 5) is 40.1. The summed E-state index contributed by atoms with van der Waals surface area (Å²) in [5.74, 6) is -3.03. The molecule has 1 atom stereocenters. The van der Waals surface area contributed by atoms with Crippen LogP contribution in [0.2, 0.25) is 0 Å². The van der Waals surface area contributed by atoms with E-state index < -0.39 is 28.9 Å². The first-order valence-electron chi connectivity index (χ1n) is 9.60. The quantitative estimate of drug-likeness (QED) is 0.580. The number of fused-ring (bicyclic) bond motifs is 2. The highest BCUT2D eigenvalue weighted by molar-refractivity contribution is 6.25. The molecule has 158 valence electrons. The number of Topliss-reactive ketones (excluding diaryl/α,β-unsaturated/α-hetero) is 1. The number of ketones is 1. The lowest BCUT2D eigenvalue weighted by Gasteiger charge is -2.36. The van der Waals surface area contributed by atoms with Gasteiger partial charge >= 0.3 is 5.97 Å². The first kappa shape index (κ1) is 20.3. The molecule has 3 N–H and O–H groups in total. The molecule has 0 radical (unpaired) electrons. The van der Waals surface area contributed by atoms with Crippen LogP contribution in [-0.4, -0.2) is 24.3 Å². The Bertz CT molecular complexity index is 1190. The minimum Gasteiger partial charge on any atom is -0.462 e. The molecule has 8 heteroatoms. The Kier molecular flexibility index (Phi) is 4.85. The third kappa shape index (κ3) is 2.91. The summed E-state index contributed by atoms with van der Waals surface area (Å²) in [6.45, 7) is 3.09. The lowest BCUT2D eigenvalue weighted by molar-refractivity contribution is -0.140. The van der Waals surface area contributed by atoms with E-state index in [1.54, 1.807) is 37.3 Å². The van der Waals surface area contributed by atoms with E-state index in [4.69, 9.17) is 15.2 Å². The predicted molar refractivity (Wildman–Crippen MR) is 109 cm³/mol. The molecule has 4 rings (SSSR count). The molecule has 0 bridgehead atoms. The molecule has 2 aromatic carbocycles. The molecule has 0 aromatic heterocycles. The Labute approximate surface area is 177 Å². The van der Waals surface area contributed by atoms with Crippen molar-refractivity contribution in [1.82, 2.24) is 0 Å². The molecule has 31 heavy (non-hydrogen) atoms. The van der Waals surface area contributed by atoms with Gasteiger partial charge in [-0.3, -0.25) is 9.59 Å². The molecule has 2 heterocycles. The van der Waals surface area contributed by atoms with E-state index in [2.05, 4.69) is 5.32 Å². The van der Waals surface area contributed by atoms with Gasteiger partial charge in [0.25, 0.3) is 0 Å². The van der Waals surface area contributed by atoms with Gasteiger partial charge in [-0.1, -0.05) is 36.4 Å². The first-order valence-corrected chi connectivity index (χ1v) is 9.60. The zero-order valence-electron chi connectivity index (χ0n) is 16.8. The summed E-state index contributed by atoms with van der Waals surface area (Å²) < 4.78 is 24.6. The monoisotopic (exact) mass is 422 g/mol. The lowest BCUT2D eigenvalue weighted by atomic mass is 9.66. The summed E-state index contributed by atoms with van der Waals surface area (Å²) in [5, 5.41) is 2.58. The number of anilines is 1. The molecule has 1 spiro atoms. The van der Waals surface area contributed by atoms with Crippen molar-refractivity contribution in [3.05, 3.63) is 88.3 Å². The third-order valence-corrected chi connectivity index (χ3v) is 5.33. The molecule has 2 aliphatic rings. The number of allylic oxidation sites excluding steroid dienone is 1. The molecular weight excluding hydrogens is 403 g/mol. The number of halogens is 1. The fourth-order valence-corrected chi connectivity index (χ4v) is 4.14. The van der Waals surface area contributed by atoms with Crippen molar-refractivity contribution in [3.63, 3.8) is 0 Å². The van der Waals surface area contributed by atoms with Gasteiger partial charge in [-0.25, -0.2) is 9.18 Å². The van der Waals surface area contributed by atoms with E-state index in [-0.39, 0.29) is 46.2 Å². The fourth-order valence-electron chi connectivity index (χ4n) is 4.14. The van der Waals surface area contributed by atoms with Gasteiger partial charge in [-0.2, -0.15) is 0 Å². The number of hydrogen-bond acceptors (Lipinski definition) is 6. The van der Waals surface area contributed by atoms with Crippen molar-refractivity contribution in [2.45, 2.75) is 19.3 Å². The SMILES string of the molecule is CCOC(=O)C1=C(N)OC(C)=C(C(=O)c2ccccc2)C12C(=O)Nc1cc(F)ccc12. The summed E-state index contributed by atoms with van der Waals surface area (Å²) in [6, 6.07) is 11.9. The molecule has 7 nitrogen and oxygen atoms in total. The van der Waals surface area contributed by atoms with Crippen LogP contribution in [0.5, 0.6) is 0 Å². The van der Waals surface area contributed by atoms with Crippen molar-refractivity contribution in [3.8, 4) is 0 Å². The van der Waals surface area contributed by atoms with Crippen LogP contribution in [0.25, 0.3) is 0 Å². The van der Waals surface area contributed by atoms with E-state index >= 15 is 0 Å². The van der Waals surface area contributed by atoms with Crippen LogP contribution in [0.3, 0.4) is 0 Å². The maximum atomic E-state index is 13.9. The second-order valence-electron chi connectivity index (χ2n) is 7.08. The molecule has 0 fully saturated rings. The van der Waals surface area contributed by atoms with E-state index in [0.29, 0.717) is 0 Å². The van der Waals surface area contributed by atoms with Crippen LogP contribution in [0.15, 0.2) is 71.3 Å². The number of nitrogens with two attached hydrogens (primary N) is 1. The van der Waals surface area contributed by atoms with Gasteiger partial charge in [0, 0.05) is 16.8 Å². The average Bonchev–Trinajstić information content (AvgIpc) is 2.99. The second kappa shape index (κ2) is 7.39. The lowest BCUT2D eigenvalue weighted by Crippen LogP contribution is -2.48. The Hall–Kier alpha value is -3.94. The first-order chi connectivity index (χ1) is 14.8. The van der Waals surface area contributed by atoms with Gasteiger partial charge in [-0.05, 0) is 26.0 Å². The normalized spacial score (nSPS) is 19.8. The van der Waals surface area contributed by atoms with Crippen LogP contribution in [0.4, 0.5) is 10.1 Å². The van der Waals surface area contributed by atoms with Crippen LogP contribution in [0, 0.1) is 5.82 Å². The topological polar surface area (TPSA) is 108 Å². The van der Waals surface area contributed by atoms with E-state index in [9.17, 15) is 18.8 Å². The minimum absolute atomic E-state index is 0.00818. The number of rotatable bonds is 4. The highest BCUT2D eigenvalue weighted by Crippen LogP contribution is 2.53. The van der Waals surface area contributed by atoms with Gasteiger partial charge < -0.3 is 20.5 Å². The Morgan fingerprint density at radius 1 is 1.16 bits per heavy atom. The number of nitrogens with one attached hydrogen (secondary N) is 1. The number of amides is 1. The van der Waals surface area contributed by atoms with Gasteiger partial charge in [0.15, 0.2) is 5.78 Å². The minimum atomic E-state index is -1.95. The molecule has 1 amide bonds. The van der Waals surface area contributed by atoms with Gasteiger partial charge in [0.05, 0.1) is 12.2 Å². The zero-order chi connectivity index (χ0) is 22.3. The molecule has 0 aliphatic carbocycles. The van der Waals surface area contributed by atoms with Crippen molar-refractivity contribution in [2.75, 3.05) is 11.9 Å². The Morgan fingerprint density at radius 2 is 1.87 bits per heavy atom. The predicted octanol–water partition coefficient (Wildman–Crippen LogP) is 2.94. The molecule has 1 unspecified atom stereocenters. The molecule has 2 aromatic rings. The number of carbonyl (C=O) groups excluding carboxylic acids is 3. The number of esters is 1. The van der Waals surface area contributed by atoms with Crippen molar-refractivity contribution in [2.24, 2.45) is 5.73 Å². The number of carbonyl (C=O) groups is 3. The van der Waals surface area contributed by atoms with Gasteiger partial charge in [-0.15, -0.1) is 0 Å². The number of ether oxygens (including phenoxy) is 2. The number of hydrogen-bond donors (Lipinski definition) is 2. The van der Waals surface area contributed by atoms with Crippen molar-refractivity contribution in [1.29, 1.82) is 0 Å². The van der Waals surface area contributed by atoms with E-state index in [0.717, 1.165) is 12.1 Å². The second-order valence-corrected chi connectivity index (χ2v) is 7.08. The summed E-state index contributed by atoms with van der Waals surface area (Å²) >= 11 is 0. The van der Waals surface area contributed by atoms with Gasteiger partial charge in [0.2, 0.25) is 11.8 Å². The van der Waals surface area contributed by atoms with Crippen LogP contribution >= 0.6 is 0 Å². The van der Waals surface area contributed by atoms with Crippen molar-refractivity contribution < 1.29 is 28.2 Å².